The Morgan fingerprint density at radius 1 is 0.667 bits per heavy atom. The molecule has 0 heterocycles. The average molecular weight is 383 g/mol. The smallest absolute Gasteiger partial charge is 0.0638 e. The van der Waals surface area contributed by atoms with E-state index in [4.69, 9.17) is 0 Å². The lowest BCUT2D eigenvalue weighted by atomic mass is 9.88. The van der Waals surface area contributed by atoms with Gasteiger partial charge in [0.2, 0.25) is 0 Å². The van der Waals surface area contributed by atoms with E-state index in [0.717, 1.165) is 6.42 Å². The highest BCUT2D eigenvalue weighted by Crippen LogP contribution is 2.46. The maximum absolute atomic E-state index is 4.20. The predicted molar refractivity (Wildman–Crippen MR) is 128 cm³/mol. The van der Waals surface area contributed by atoms with Gasteiger partial charge >= 0.3 is 0 Å². The second-order valence-electron chi connectivity index (χ2n) is 8.03. The Hall–Kier alpha value is -3.71. The van der Waals surface area contributed by atoms with E-state index in [1.807, 2.05) is 0 Å². The van der Waals surface area contributed by atoms with Crippen molar-refractivity contribution < 1.29 is 0 Å². The van der Waals surface area contributed by atoms with Gasteiger partial charge in [-0.15, -0.1) is 0 Å². The maximum atomic E-state index is 4.20. The van der Waals surface area contributed by atoms with Crippen molar-refractivity contribution in [2.75, 3.05) is 0 Å². The SMILES string of the molecule is C=NCc1ccc(-c2cc3ccccc3c3ccccc23)c2c1-c1ccccc1C2. The van der Waals surface area contributed by atoms with Crippen LogP contribution < -0.4 is 0 Å². The van der Waals surface area contributed by atoms with E-state index in [2.05, 4.69) is 103 Å². The summed E-state index contributed by atoms with van der Waals surface area (Å²) >= 11 is 0. The Morgan fingerprint density at radius 2 is 1.40 bits per heavy atom. The molecule has 0 bridgehead atoms. The molecule has 0 saturated heterocycles. The van der Waals surface area contributed by atoms with Gasteiger partial charge in [-0.25, -0.2) is 0 Å². The largest absolute Gasteiger partial charge is 0.296 e. The molecule has 30 heavy (non-hydrogen) atoms. The highest BCUT2D eigenvalue weighted by atomic mass is 14.7. The van der Waals surface area contributed by atoms with Gasteiger partial charge in [-0.1, -0.05) is 84.9 Å². The third-order valence-corrected chi connectivity index (χ3v) is 6.39. The van der Waals surface area contributed by atoms with Crippen molar-refractivity contribution in [3.8, 4) is 22.3 Å². The summed E-state index contributed by atoms with van der Waals surface area (Å²) in [6.45, 7) is 4.39. The number of nitrogens with zero attached hydrogens (tertiary/aromatic N) is 1. The van der Waals surface area contributed by atoms with Gasteiger partial charge in [0.15, 0.2) is 0 Å². The van der Waals surface area contributed by atoms with E-state index < -0.39 is 0 Å². The van der Waals surface area contributed by atoms with Crippen LogP contribution in [-0.2, 0) is 13.0 Å². The summed E-state index contributed by atoms with van der Waals surface area (Å²) in [5, 5.41) is 5.22. The lowest BCUT2D eigenvalue weighted by Crippen LogP contribution is -1.94. The standard InChI is InChI=1S/C29H21N/c1-30-18-21-14-15-26(28-17-20-9-3-5-11-23(20)29(21)28)27-16-19-8-2-4-10-22(19)24-12-6-7-13-25(24)27/h2-16H,1,17-18H2. The fourth-order valence-corrected chi connectivity index (χ4v) is 5.11. The molecule has 0 atom stereocenters. The summed E-state index contributed by atoms with van der Waals surface area (Å²) in [5.41, 5.74) is 9.42. The molecule has 5 aromatic carbocycles. The molecule has 0 unspecified atom stereocenters. The summed E-state index contributed by atoms with van der Waals surface area (Å²) in [6.07, 6.45) is 0.965. The van der Waals surface area contributed by atoms with Gasteiger partial charge in [0.05, 0.1) is 6.54 Å². The summed E-state index contributed by atoms with van der Waals surface area (Å²) in [4.78, 5) is 4.20. The second kappa shape index (κ2) is 6.67. The van der Waals surface area contributed by atoms with Crippen LogP contribution in [0.25, 0.3) is 43.8 Å². The summed E-state index contributed by atoms with van der Waals surface area (Å²) in [6, 6.07) is 33.1. The van der Waals surface area contributed by atoms with Crippen LogP contribution in [0.5, 0.6) is 0 Å². The van der Waals surface area contributed by atoms with Crippen LogP contribution in [0.15, 0.2) is 96.0 Å². The highest BCUT2D eigenvalue weighted by molar-refractivity contribution is 6.14. The van der Waals surface area contributed by atoms with Crippen molar-refractivity contribution in [3.63, 3.8) is 0 Å². The van der Waals surface area contributed by atoms with Gasteiger partial charge in [0, 0.05) is 0 Å². The van der Waals surface area contributed by atoms with E-state index >= 15 is 0 Å². The first-order valence-corrected chi connectivity index (χ1v) is 10.4. The molecule has 5 aromatic rings. The molecule has 0 saturated carbocycles. The number of rotatable bonds is 3. The van der Waals surface area contributed by atoms with Gasteiger partial charge in [0.25, 0.3) is 0 Å². The lowest BCUT2D eigenvalue weighted by molar-refractivity contribution is 1.08. The van der Waals surface area contributed by atoms with Gasteiger partial charge in [0.1, 0.15) is 0 Å². The first kappa shape index (κ1) is 17.2. The van der Waals surface area contributed by atoms with Crippen LogP contribution in [0, 0.1) is 0 Å². The van der Waals surface area contributed by atoms with Crippen LogP contribution in [0.1, 0.15) is 16.7 Å². The van der Waals surface area contributed by atoms with Crippen LogP contribution in [0.2, 0.25) is 0 Å². The van der Waals surface area contributed by atoms with Gasteiger partial charge < -0.3 is 0 Å². The number of aliphatic imine (C=N–C) groups is 1. The first-order chi connectivity index (χ1) is 14.8. The zero-order chi connectivity index (χ0) is 20.1. The van der Waals surface area contributed by atoms with Crippen molar-refractivity contribution in [2.24, 2.45) is 4.99 Å². The van der Waals surface area contributed by atoms with E-state index in [9.17, 15) is 0 Å². The fourth-order valence-electron chi connectivity index (χ4n) is 5.11. The lowest BCUT2D eigenvalue weighted by Gasteiger charge is -2.16. The highest BCUT2D eigenvalue weighted by Gasteiger charge is 2.25. The summed E-state index contributed by atoms with van der Waals surface area (Å²) in [5.74, 6) is 0. The topological polar surface area (TPSA) is 12.4 Å². The normalized spacial score (nSPS) is 12.1. The fraction of sp³-hybridized carbons (Fsp3) is 0.0690. The Balaban J connectivity index is 1.70. The Morgan fingerprint density at radius 3 is 2.27 bits per heavy atom. The molecule has 6 rings (SSSR count). The van der Waals surface area contributed by atoms with Crippen molar-refractivity contribution in [3.05, 3.63) is 108 Å². The van der Waals surface area contributed by atoms with Gasteiger partial charge in [-0.2, -0.15) is 0 Å². The zero-order valence-electron chi connectivity index (χ0n) is 16.7. The monoisotopic (exact) mass is 383 g/mol. The summed E-state index contributed by atoms with van der Waals surface area (Å²) in [7, 11) is 0. The van der Waals surface area contributed by atoms with E-state index in [-0.39, 0.29) is 0 Å². The van der Waals surface area contributed by atoms with Crippen molar-refractivity contribution in [2.45, 2.75) is 13.0 Å². The van der Waals surface area contributed by atoms with E-state index in [0.29, 0.717) is 6.54 Å². The van der Waals surface area contributed by atoms with Crippen molar-refractivity contribution in [1.82, 2.24) is 0 Å². The van der Waals surface area contributed by atoms with Crippen LogP contribution in [0.4, 0.5) is 0 Å². The Bertz CT molecular complexity index is 1460. The Labute approximate surface area is 176 Å². The third kappa shape index (κ3) is 2.45. The van der Waals surface area contributed by atoms with Crippen molar-refractivity contribution >= 4 is 28.3 Å². The molecule has 1 heteroatoms. The second-order valence-corrected chi connectivity index (χ2v) is 8.03. The summed E-state index contributed by atoms with van der Waals surface area (Å²) < 4.78 is 0. The first-order valence-electron chi connectivity index (χ1n) is 10.4. The van der Waals surface area contributed by atoms with Gasteiger partial charge in [-0.3, -0.25) is 4.99 Å². The van der Waals surface area contributed by atoms with E-state index in [1.54, 1.807) is 0 Å². The minimum absolute atomic E-state index is 0.648. The number of hydrogen-bond acceptors (Lipinski definition) is 1. The van der Waals surface area contributed by atoms with Crippen molar-refractivity contribution in [1.29, 1.82) is 0 Å². The molecule has 0 aliphatic heterocycles. The number of fused-ring (bicyclic) bond motifs is 6. The zero-order valence-corrected chi connectivity index (χ0v) is 16.7. The molecule has 0 fully saturated rings. The Kier molecular flexibility index (Phi) is 3.82. The molecule has 0 amide bonds. The molecule has 0 radical (unpaired) electrons. The molecule has 142 valence electrons. The average Bonchev–Trinajstić information content (AvgIpc) is 3.19. The molecule has 0 aromatic heterocycles. The van der Waals surface area contributed by atoms with Crippen LogP contribution in [0.3, 0.4) is 0 Å². The molecule has 1 nitrogen and oxygen atoms in total. The molecular weight excluding hydrogens is 362 g/mol. The minimum Gasteiger partial charge on any atom is -0.296 e. The molecule has 1 aliphatic rings. The van der Waals surface area contributed by atoms with Crippen LogP contribution >= 0.6 is 0 Å². The number of benzene rings is 5. The quantitative estimate of drug-likeness (QED) is 0.222. The third-order valence-electron chi connectivity index (χ3n) is 6.39. The maximum Gasteiger partial charge on any atom is 0.0638 e. The van der Waals surface area contributed by atoms with E-state index in [1.165, 1.54) is 60.5 Å². The minimum atomic E-state index is 0.648. The number of hydrogen-bond donors (Lipinski definition) is 0. The molecule has 0 spiro atoms. The van der Waals surface area contributed by atoms with Crippen LogP contribution in [-0.4, -0.2) is 6.72 Å². The van der Waals surface area contributed by atoms with Gasteiger partial charge in [-0.05, 0) is 79.7 Å². The molecule has 0 N–H and O–H groups in total. The molecular formula is C29H21N. The molecule has 1 aliphatic carbocycles. The predicted octanol–water partition coefficient (Wildman–Crippen LogP) is 7.43.